The molecule has 3 rings (SSSR count). The largest absolute Gasteiger partial charge is 0.353 e. The lowest BCUT2D eigenvalue weighted by molar-refractivity contribution is -0.139. The number of piperidine rings is 1. The van der Waals surface area contributed by atoms with Crippen LogP contribution in [0.3, 0.4) is 0 Å². The van der Waals surface area contributed by atoms with E-state index in [2.05, 4.69) is 15.3 Å². The van der Waals surface area contributed by atoms with Crippen molar-refractivity contribution in [2.75, 3.05) is 32.7 Å². The zero-order valence-electron chi connectivity index (χ0n) is 16.5. The molecule has 3 heterocycles. The Hall–Kier alpha value is -2.16. The van der Waals surface area contributed by atoms with Gasteiger partial charge in [0.05, 0.1) is 12.5 Å². The first-order valence-corrected chi connectivity index (χ1v) is 9.89. The molecule has 0 aliphatic carbocycles. The van der Waals surface area contributed by atoms with Crippen LogP contribution in [-0.4, -0.2) is 74.7 Å². The number of hydrogen-bond acceptors (Lipinski definition) is 5. The summed E-state index contributed by atoms with van der Waals surface area (Å²) in [5, 5.41) is 7.26. The number of carbonyl (C=O) groups excluding carboxylic acids is 2. The maximum atomic E-state index is 12.7. The van der Waals surface area contributed by atoms with E-state index >= 15 is 0 Å². The summed E-state index contributed by atoms with van der Waals surface area (Å²) in [4.78, 5) is 40.9. The van der Waals surface area contributed by atoms with Crippen molar-refractivity contribution in [1.29, 1.82) is 0 Å². The van der Waals surface area contributed by atoms with Gasteiger partial charge in [-0.2, -0.15) is 5.10 Å². The third-order valence-electron chi connectivity index (χ3n) is 5.78. The van der Waals surface area contributed by atoms with Crippen LogP contribution in [-0.2, 0) is 23.2 Å². The lowest BCUT2D eigenvalue weighted by Crippen LogP contribution is -2.56. The molecule has 27 heavy (non-hydrogen) atoms. The van der Waals surface area contributed by atoms with E-state index in [4.69, 9.17) is 0 Å². The number of nitrogens with one attached hydrogen (secondary N) is 1. The van der Waals surface area contributed by atoms with E-state index in [9.17, 15) is 14.4 Å². The molecule has 1 atom stereocenters. The number of nitrogens with zero attached hydrogens (tertiary/aromatic N) is 5. The zero-order chi connectivity index (χ0) is 19.6. The Morgan fingerprint density at radius 1 is 1.15 bits per heavy atom. The van der Waals surface area contributed by atoms with E-state index in [-0.39, 0.29) is 35.9 Å². The maximum absolute atomic E-state index is 12.7. The second kappa shape index (κ2) is 8.24. The van der Waals surface area contributed by atoms with Gasteiger partial charge in [-0.15, -0.1) is 0 Å². The van der Waals surface area contributed by atoms with Crippen LogP contribution in [0.15, 0.2) is 4.79 Å². The number of aromatic nitrogens is 3. The van der Waals surface area contributed by atoms with Gasteiger partial charge in [-0.25, -0.2) is 9.48 Å². The zero-order valence-corrected chi connectivity index (χ0v) is 16.5. The molecule has 9 heteroatoms. The number of likely N-dealkylation sites (N-methyl/N-ethyl adjacent to an activating group) is 1. The van der Waals surface area contributed by atoms with Crippen molar-refractivity contribution in [2.45, 2.75) is 51.6 Å². The van der Waals surface area contributed by atoms with Crippen molar-refractivity contribution in [3.05, 3.63) is 16.3 Å². The van der Waals surface area contributed by atoms with Crippen molar-refractivity contribution in [1.82, 2.24) is 29.5 Å². The van der Waals surface area contributed by atoms with Gasteiger partial charge in [-0.05, 0) is 26.3 Å². The van der Waals surface area contributed by atoms with Crippen LogP contribution in [0.1, 0.15) is 44.9 Å². The second-order valence-corrected chi connectivity index (χ2v) is 7.30. The normalized spacial score (nSPS) is 22.1. The molecule has 0 radical (unpaired) electrons. The Bertz CT molecular complexity index is 747. The number of likely N-dealkylation sites (tertiary alicyclic amines) is 1. The molecule has 1 N–H and O–H groups in total. The predicted octanol–water partition coefficient (Wildman–Crippen LogP) is -0.482. The monoisotopic (exact) mass is 378 g/mol. The number of hydrogen-bond donors (Lipinski definition) is 1. The molecular weight excluding hydrogens is 348 g/mol. The van der Waals surface area contributed by atoms with Crippen molar-refractivity contribution in [3.8, 4) is 0 Å². The van der Waals surface area contributed by atoms with E-state index in [1.165, 1.54) is 4.68 Å². The molecule has 0 bridgehead atoms. The molecule has 1 aromatic heterocycles. The fourth-order valence-corrected chi connectivity index (χ4v) is 4.17. The molecule has 0 spiro atoms. The molecule has 1 aromatic rings. The lowest BCUT2D eigenvalue weighted by atomic mass is 9.95. The average Bonchev–Trinajstić information content (AvgIpc) is 2.97. The van der Waals surface area contributed by atoms with E-state index in [0.29, 0.717) is 26.2 Å². The summed E-state index contributed by atoms with van der Waals surface area (Å²) in [5.41, 5.74) is -0.0889. The van der Waals surface area contributed by atoms with Gasteiger partial charge in [-0.1, -0.05) is 6.92 Å². The minimum atomic E-state index is -0.366. The molecular formula is C18H30N6O3. The maximum Gasteiger partial charge on any atom is 0.345 e. The Morgan fingerprint density at radius 3 is 2.48 bits per heavy atom. The molecule has 9 nitrogen and oxygen atoms in total. The molecule has 2 aliphatic rings. The first kappa shape index (κ1) is 19.6. The highest BCUT2D eigenvalue weighted by atomic mass is 16.2. The molecule has 0 saturated carbocycles. The van der Waals surface area contributed by atoms with Gasteiger partial charge >= 0.3 is 5.69 Å². The molecule has 2 saturated heterocycles. The Kier molecular flexibility index (Phi) is 5.98. The quantitative estimate of drug-likeness (QED) is 0.747. The number of amides is 2. The van der Waals surface area contributed by atoms with Crippen LogP contribution in [0, 0.1) is 0 Å². The van der Waals surface area contributed by atoms with Crippen LogP contribution < -0.4 is 11.0 Å². The van der Waals surface area contributed by atoms with Gasteiger partial charge < -0.3 is 10.2 Å². The fraction of sp³-hybridized carbons (Fsp3) is 0.778. The Balaban J connectivity index is 1.60. The molecule has 2 aliphatic heterocycles. The van der Waals surface area contributed by atoms with Gasteiger partial charge in [-0.3, -0.25) is 19.1 Å². The second-order valence-electron chi connectivity index (χ2n) is 7.30. The van der Waals surface area contributed by atoms with Crippen LogP contribution >= 0.6 is 0 Å². The van der Waals surface area contributed by atoms with Crippen LogP contribution in [0.2, 0.25) is 0 Å². The first-order chi connectivity index (χ1) is 13.0. The Labute approximate surface area is 159 Å². The lowest BCUT2D eigenvalue weighted by Gasteiger charge is -2.36. The third-order valence-corrected chi connectivity index (χ3v) is 5.78. The minimum Gasteiger partial charge on any atom is -0.353 e. The van der Waals surface area contributed by atoms with Crippen LogP contribution in [0.5, 0.6) is 0 Å². The Morgan fingerprint density at radius 2 is 1.85 bits per heavy atom. The third kappa shape index (κ3) is 3.92. The minimum absolute atomic E-state index is 0.0304. The standard InChI is InChI=1S/C18H30N6O3/c1-4-22-11-8-19-17(26)14(22)12-15(25)23-9-6-13(7-10-23)16-20-21(3)18(27)24(16)5-2/h13-14H,4-12H2,1-3H3,(H,19,26)/t14-/m0/s1. The van der Waals surface area contributed by atoms with E-state index in [1.54, 1.807) is 11.6 Å². The highest BCUT2D eigenvalue weighted by Crippen LogP contribution is 2.27. The summed E-state index contributed by atoms with van der Waals surface area (Å²) in [7, 11) is 1.67. The van der Waals surface area contributed by atoms with Crippen LogP contribution in [0.4, 0.5) is 0 Å². The van der Waals surface area contributed by atoms with Gasteiger partial charge in [0.15, 0.2) is 0 Å². The summed E-state index contributed by atoms with van der Waals surface area (Å²) >= 11 is 0. The average molecular weight is 378 g/mol. The summed E-state index contributed by atoms with van der Waals surface area (Å²) in [5.74, 6) is 0.989. The topological polar surface area (TPSA) is 92.5 Å². The SMILES string of the molecule is CCN1CCNC(=O)[C@@H]1CC(=O)N1CCC(c2nn(C)c(=O)n2CC)CC1. The smallest absolute Gasteiger partial charge is 0.345 e. The fourth-order valence-electron chi connectivity index (χ4n) is 4.17. The summed E-state index contributed by atoms with van der Waals surface area (Å²) in [6.07, 6.45) is 1.81. The van der Waals surface area contributed by atoms with E-state index < -0.39 is 0 Å². The molecule has 0 aromatic carbocycles. The summed E-state index contributed by atoms with van der Waals surface area (Å²) in [6, 6.07) is -0.366. The van der Waals surface area contributed by atoms with Crippen molar-refractivity contribution < 1.29 is 9.59 Å². The van der Waals surface area contributed by atoms with Gasteiger partial charge in [0.2, 0.25) is 11.8 Å². The summed E-state index contributed by atoms with van der Waals surface area (Å²) in [6.45, 7) is 8.04. The molecule has 2 fully saturated rings. The predicted molar refractivity (Wildman–Crippen MR) is 100 cm³/mol. The summed E-state index contributed by atoms with van der Waals surface area (Å²) < 4.78 is 3.10. The van der Waals surface area contributed by atoms with Gasteiger partial charge in [0, 0.05) is 45.7 Å². The molecule has 150 valence electrons. The highest BCUT2D eigenvalue weighted by Gasteiger charge is 2.34. The van der Waals surface area contributed by atoms with Crippen molar-refractivity contribution >= 4 is 11.8 Å². The number of piperazine rings is 1. The number of carbonyl (C=O) groups is 2. The van der Waals surface area contributed by atoms with E-state index in [1.807, 2.05) is 18.7 Å². The van der Waals surface area contributed by atoms with Gasteiger partial charge in [0.1, 0.15) is 5.82 Å². The van der Waals surface area contributed by atoms with Crippen LogP contribution in [0.25, 0.3) is 0 Å². The van der Waals surface area contributed by atoms with E-state index in [0.717, 1.165) is 31.8 Å². The number of aryl methyl sites for hydroxylation is 1. The first-order valence-electron chi connectivity index (χ1n) is 9.89. The van der Waals surface area contributed by atoms with Crippen molar-refractivity contribution in [2.24, 2.45) is 7.05 Å². The molecule has 0 unspecified atom stereocenters. The van der Waals surface area contributed by atoms with Gasteiger partial charge in [0.25, 0.3) is 0 Å². The highest BCUT2D eigenvalue weighted by molar-refractivity contribution is 5.88. The number of rotatable bonds is 5. The molecule has 2 amide bonds. The van der Waals surface area contributed by atoms with Crippen molar-refractivity contribution in [3.63, 3.8) is 0 Å².